The number of hydrogen-bond donors (Lipinski definition) is 2. The zero-order chi connectivity index (χ0) is 11.3. The van der Waals surface area contributed by atoms with E-state index in [-0.39, 0.29) is 0 Å². The van der Waals surface area contributed by atoms with Gasteiger partial charge in [-0.1, -0.05) is 6.07 Å². The van der Waals surface area contributed by atoms with Crippen molar-refractivity contribution < 1.29 is 9.53 Å². The maximum absolute atomic E-state index is 11.0. The normalized spacial score (nSPS) is 9.53. The Morgan fingerprint density at radius 1 is 1.53 bits per heavy atom. The van der Waals surface area contributed by atoms with Crippen molar-refractivity contribution in [3.8, 4) is 0 Å². The fourth-order valence-corrected chi connectivity index (χ4v) is 1.60. The highest BCUT2D eigenvalue weighted by molar-refractivity contribution is 9.10. The number of benzene rings is 1. The summed E-state index contributed by atoms with van der Waals surface area (Å²) in [6.45, 7) is 4.09. The minimum absolute atomic E-state index is 0.350. The van der Waals surface area contributed by atoms with Crippen LogP contribution in [0.1, 0.15) is 12.5 Å². The van der Waals surface area contributed by atoms with E-state index in [2.05, 4.69) is 26.8 Å². The molecule has 0 heterocycles. The quantitative estimate of drug-likeness (QED) is 0.832. The number of anilines is 1. The van der Waals surface area contributed by atoms with Gasteiger partial charge in [-0.25, -0.2) is 10.2 Å². The zero-order valence-electron chi connectivity index (χ0n) is 8.63. The number of hydrogen-bond acceptors (Lipinski definition) is 3. The molecule has 5 heteroatoms. The average molecular weight is 273 g/mol. The Kier molecular flexibility index (Phi) is 4.42. The fraction of sp³-hybridized carbons (Fsp3) is 0.300. The van der Waals surface area contributed by atoms with Gasteiger partial charge in [0.05, 0.1) is 12.3 Å². The number of carbonyl (C=O) groups is 1. The molecule has 0 fully saturated rings. The second-order valence-electron chi connectivity index (χ2n) is 2.95. The van der Waals surface area contributed by atoms with Gasteiger partial charge in [0.25, 0.3) is 0 Å². The first kappa shape index (κ1) is 11.8. The van der Waals surface area contributed by atoms with E-state index in [0.29, 0.717) is 6.61 Å². The van der Waals surface area contributed by atoms with Crippen molar-refractivity contribution in [1.82, 2.24) is 5.43 Å². The second-order valence-corrected chi connectivity index (χ2v) is 3.81. The van der Waals surface area contributed by atoms with Crippen LogP contribution in [-0.4, -0.2) is 12.7 Å². The van der Waals surface area contributed by atoms with Crippen LogP contribution in [0.4, 0.5) is 10.5 Å². The van der Waals surface area contributed by atoms with Gasteiger partial charge in [-0.15, -0.1) is 0 Å². The third-order valence-corrected chi connectivity index (χ3v) is 2.36. The van der Waals surface area contributed by atoms with Gasteiger partial charge in [-0.05, 0) is 47.5 Å². The van der Waals surface area contributed by atoms with Crippen molar-refractivity contribution in [2.75, 3.05) is 12.0 Å². The first-order valence-electron chi connectivity index (χ1n) is 4.58. The van der Waals surface area contributed by atoms with Crippen molar-refractivity contribution in [3.05, 3.63) is 28.2 Å². The van der Waals surface area contributed by atoms with Gasteiger partial charge in [-0.2, -0.15) is 0 Å². The lowest BCUT2D eigenvalue weighted by Gasteiger charge is -2.10. The van der Waals surface area contributed by atoms with E-state index in [1.165, 1.54) is 0 Å². The van der Waals surface area contributed by atoms with Gasteiger partial charge >= 0.3 is 6.09 Å². The molecule has 0 aliphatic rings. The zero-order valence-corrected chi connectivity index (χ0v) is 10.2. The van der Waals surface area contributed by atoms with Gasteiger partial charge in [-0.3, -0.25) is 5.43 Å². The van der Waals surface area contributed by atoms with Gasteiger partial charge in [0.2, 0.25) is 0 Å². The molecule has 0 saturated carbocycles. The minimum atomic E-state index is -0.495. The molecule has 0 radical (unpaired) electrons. The molecule has 0 bridgehead atoms. The molecule has 0 aromatic heterocycles. The molecule has 0 atom stereocenters. The molecule has 0 spiro atoms. The predicted octanol–water partition coefficient (Wildman–Crippen LogP) is 2.83. The van der Waals surface area contributed by atoms with Crippen molar-refractivity contribution in [3.63, 3.8) is 0 Å². The summed E-state index contributed by atoms with van der Waals surface area (Å²) in [5.41, 5.74) is 7.10. The van der Waals surface area contributed by atoms with Crippen molar-refractivity contribution in [2.24, 2.45) is 0 Å². The molecule has 15 heavy (non-hydrogen) atoms. The summed E-state index contributed by atoms with van der Waals surface area (Å²) in [4.78, 5) is 11.0. The van der Waals surface area contributed by atoms with Crippen LogP contribution in [0.25, 0.3) is 0 Å². The van der Waals surface area contributed by atoms with Crippen LogP contribution < -0.4 is 10.9 Å². The van der Waals surface area contributed by atoms with Crippen LogP contribution in [0, 0.1) is 6.92 Å². The van der Waals surface area contributed by atoms with Crippen molar-refractivity contribution >= 4 is 27.7 Å². The van der Waals surface area contributed by atoms with E-state index in [1.807, 2.05) is 25.1 Å². The van der Waals surface area contributed by atoms with E-state index in [9.17, 15) is 4.79 Å². The maximum atomic E-state index is 11.0. The molecule has 1 aromatic carbocycles. The number of hydrazine groups is 1. The lowest BCUT2D eigenvalue weighted by molar-refractivity contribution is 0.154. The third-order valence-electron chi connectivity index (χ3n) is 1.70. The molecule has 4 nitrogen and oxygen atoms in total. The van der Waals surface area contributed by atoms with Gasteiger partial charge in [0, 0.05) is 4.47 Å². The molecule has 1 aromatic rings. The highest BCUT2D eigenvalue weighted by atomic mass is 79.9. The van der Waals surface area contributed by atoms with Gasteiger partial charge in [0.15, 0.2) is 0 Å². The van der Waals surface area contributed by atoms with E-state index in [4.69, 9.17) is 4.74 Å². The van der Waals surface area contributed by atoms with Crippen LogP contribution in [-0.2, 0) is 4.74 Å². The Labute approximate surface area is 97.1 Å². The smallest absolute Gasteiger partial charge is 0.425 e. The van der Waals surface area contributed by atoms with Crippen LogP contribution in [0.15, 0.2) is 22.7 Å². The van der Waals surface area contributed by atoms with Crippen molar-refractivity contribution in [2.45, 2.75) is 13.8 Å². The van der Waals surface area contributed by atoms with Crippen LogP contribution in [0.3, 0.4) is 0 Å². The molecular weight excluding hydrogens is 260 g/mol. The lowest BCUT2D eigenvalue weighted by atomic mass is 10.2. The number of ether oxygens (including phenoxy) is 1. The average Bonchev–Trinajstić information content (AvgIpc) is 2.17. The molecule has 1 rings (SSSR count). The van der Waals surface area contributed by atoms with E-state index >= 15 is 0 Å². The van der Waals surface area contributed by atoms with Gasteiger partial charge < -0.3 is 4.74 Å². The minimum Gasteiger partial charge on any atom is -0.449 e. The number of carbonyl (C=O) groups excluding carboxylic acids is 1. The first-order chi connectivity index (χ1) is 7.13. The Hall–Kier alpha value is -1.23. The predicted molar refractivity (Wildman–Crippen MR) is 62.7 cm³/mol. The Morgan fingerprint density at radius 3 is 2.87 bits per heavy atom. The Morgan fingerprint density at radius 2 is 2.27 bits per heavy atom. The van der Waals surface area contributed by atoms with Crippen molar-refractivity contribution in [1.29, 1.82) is 0 Å². The van der Waals surface area contributed by atoms with E-state index < -0.39 is 6.09 Å². The summed E-state index contributed by atoms with van der Waals surface area (Å²) in [5.74, 6) is 0. The summed E-state index contributed by atoms with van der Waals surface area (Å²) >= 11 is 3.38. The van der Waals surface area contributed by atoms with E-state index in [1.54, 1.807) is 6.92 Å². The number of nitrogens with one attached hydrogen (secondary N) is 2. The number of rotatable bonds is 3. The largest absolute Gasteiger partial charge is 0.449 e. The highest BCUT2D eigenvalue weighted by Crippen LogP contribution is 2.22. The molecule has 0 aliphatic heterocycles. The molecule has 1 amide bonds. The SMILES string of the molecule is CCOC(=O)NNc1ccc(C)cc1Br. The topological polar surface area (TPSA) is 50.4 Å². The highest BCUT2D eigenvalue weighted by Gasteiger charge is 2.02. The van der Waals surface area contributed by atoms with E-state index in [0.717, 1.165) is 15.7 Å². The summed E-state index contributed by atoms with van der Waals surface area (Å²) in [7, 11) is 0. The summed E-state index contributed by atoms with van der Waals surface area (Å²) < 4.78 is 5.59. The molecular formula is C10H13BrN2O2. The summed E-state index contributed by atoms with van der Waals surface area (Å²) in [6, 6.07) is 5.76. The fourth-order valence-electron chi connectivity index (χ4n) is 1.01. The maximum Gasteiger partial charge on any atom is 0.425 e. The Balaban J connectivity index is 2.54. The molecule has 0 aliphatic carbocycles. The number of aryl methyl sites for hydroxylation is 1. The third kappa shape index (κ3) is 3.79. The molecule has 0 unspecified atom stereocenters. The van der Waals surface area contributed by atoms with Gasteiger partial charge in [0.1, 0.15) is 0 Å². The molecule has 2 N–H and O–H groups in total. The Bertz CT molecular complexity index is 355. The number of halogens is 1. The monoisotopic (exact) mass is 272 g/mol. The first-order valence-corrected chi connectivity index (χ1v) is 5.37. The molecule has 82 valence electrons. The molecule has 0 saturated heterocycles. The van der Waals surface area contributed by atoms with Crippen LogP contribution >= 0.6 is 15.9 Å². The van der Waals surface area contributed by atoms with Crippen LogP contribution in [0.5, 0.6) is 0 Å². The number of amides is 1. The standard InChI is InChI=1S/C10H13BrN2O2/c1-3-15-10(14)13-12-9-5-4-7(2)6-8(9)11/h4-6,12H,3H2,1-2H3,(H,13,14). The second kappa shape index (κ2) is 5.60. The summed E-state index contributed by atoms with van der Waals surface area (Å²) in [5, 5.41) is 0. The van der Waals surface area contributed by atoms with Crippen LogP contribution in [0.2, 0.25) is 0 Å². The lowest BCUT2D eigenvalue weighted by Crippen LogP contribution is -2.30. The summed E-state index contributed by atoms with van der Waals surface area (Å²) in [6.07, 6.45) is -0.495.